The predicted molar refractivity (Wildman–Crippen MR) is 72.3 cm³/mol. The Labute approximate surface area is 114 Å². The molecule has 0 radical (unpaired) electrons. The number of hydrogen-bond acceptors (Lipinski definition) is 4. The van der Waals surface area contributed by atoms with Gasteiger partial charge in [0.15, 0.2) is 0 Å². The van der Waals surface area contributed by atoms with Crippen molar-refractivity contribution in [1.29, 1.82) is 0 Å². The van der Waals surface area contributed by atoms with Gasteiger partial charge in [0.05, 0.1) is 19.3 Å². The highest BCUT2D eigenvalue weighted by atomic mass is 16.5. The van der Waals surface area contributed by atoms with Crippen LogP contribution in [0.1, 0.15) is 24.5 Å². The fourth-order valence-electron chi connectivity index (χ4n) is 2.36. The first-order valence-corrected chi connectivity index (χ1v) is 6.79. The molecular formula is C15H22O4. The first-order valence-electron chi connectivity index (χ1n) is 6.79. The Kier molecular flexibility index (Phi) is 5.63. The Morgan fingerprint density at radius 2 is 2.21 bits per heavy atom. The minimum atomic E-state index is -0.529. The van der Waals surface area contributed by atoms with Crippen LogP contribution < -0.4 is 4.74 Å². The number of aliphatic hydroxyl groups excluding tert-OH is 1. The number of aliphatic hydroxyl groups is 1. The number of para-hydroxylation sites is 1. The van der Waals surface area contributed by atoms with Gasteiger partial charge in [-0.2, -0.15) is 0 Å². The van der Waals surface area contributed by atoms with Crippen LogP contribution in [0.4, 0.5) is 0 Å². The summed E-state index contributed by atoms with van der Waals surface area (Å²) < 4.78 is 16.1. The standard InChI is InChI=1S/C15H22O4/c1-17-9-10-19-14-7-3-2-6-13(14)15(16)12-5-4-8-18-11-12/h2-3,6-7,12,15-16H,4-5,8-11H2,1H3. The lowest BCUT2D eigenvalue weighted by Crippen LogP contribution is -2.24. The van der Waals surface area contributed by atoms with Gasteiger partial charge in [-0.3, -0.25) is 0 Å². The summed E-state index contributed by atoms with van der Waals surface area (Å²) in [6.07, 6.45) is 1.47. The summed E-state index contributed by atoms with van der Waals surface area (Å²) in [7, 11) is 1.64. The third-order valence-corrected chi connectivity index (χ3v) is 3.42. The Bertz CT molecular complexity index is 374. The largest absolute Gasteiger partial charge is 0.491 e. The SMILES string of the molecule is COCCOc1ccccc1C(O)C1CCCOC1. The van der Waals surface area contributed by atoms with Gasteiger partial charge in [0, 0.05) is 25.2 Å². The lowest BCUT2D eigenvalue weighted by molar-refractivity contribution is -0.0110. The second-order valence-corrected chi connectivity index (χ2v) is 4.80. The van der Waals surface area contributed by atoms with Crippen molar-refractivity contribution in [3.8, 4) is 5.75 Å². The molecule has 0 spiro atoms. The molecule has 1 aliphatic rings. The molecule has 4 nitrogen and oxygen atoms in total. The Morgan fingerprint density at radius 3 is 2.95 bits per heavy atom. The fraction of sp³-hybridized carbons (Fsp3) is 0.600. The predicted octanol–water partition coefficient (Wildman–Crippen LogP) is 2.17. The average molecular weight is 266 g/mol. The van der Waals surface area contributed by atoms with Gasteiger partial charge in [0.25, 0.3) is 0 Å². The van der Waals surface area contributed by atoms with Crippen molar-refractivity contribution in [1.82, 2.24) is 0 Å². The van der Waals surface area contributed by atoms with E-state index in [1.54, 1.807) is 7.11 Å². The van der Waals surface area contributed by atoms with Gasteiger partial charge < -0.3 is 19.3 Å². The van der Waals surface area contributed by atoms with Crippen LogP contribution in [0.5, 0.6) is 5.75 Å². The molecule has 2 unspecified atom stereocenters. The van der Waals surface area contributed by atoms with E-state index in [0.717, 1.165) is 30.8 Å². The van der Waals surface area contributed by atoms with E-state index in [1.165, 1.54) is 0 Å². The van der Waals surface area contributed by atoms with E-state index < -0.39 is 6.10 Å². The molecule has 0 bridgehead atoms. The van der Waals surface area contributed by atoms with E-state index in [2.05, 4.69) is 0 Å². The number of hydrogen-bond donors (Lipinski definition) is 1. The molecule has 1 saturated heterocycles. The number of rotatable bonds is 6. The van der Waals surface area contributed by atoms with E-state index >= 15 is 0 Å². The van der Waals surface area contributed by atoms with E-state index in [1.807, 2.05) is 24.3 Å². The van der Waals surface area contributed by atoms with Gasteiger partial charge in [-0.15, -0.1) is 0 Å². The first kappa shape index (κ1) is 14.3. The molecular weight excluding hydrogens is 244 g/mol. The van der Waals surface area contributed by atoms with E-state index in [-0.39, 0.29) is 5.92 Å². The van der Waals surface area contributed by atoms with Crippen LogP contribution in [0, 0.1) is 5.92 Å². The summed E-state index contributed by atoms with van der Waals surface area (Å²) in [6.45, 7) is 2.45. The zero-order valence-electron chi connectivity index (χ0n) is 11.4. The van der Waals surface area contributed by atoms with E-state index in [0.29, 0.717) is 19.8 Å². The molecule has 19 heavy (non-hydrogen) atoms. The van der Waals surface area contributed by atoms with E-state index in [9.17, 15) is 5.11 Å². The van der Waals surface area contributed by atoms with Crippen LogP contribution in [-0.4, -0.2) is 38.6 Å². The summed E-state index contributed by atoms with van der Waals surface area (Å²) in [5.74, 6) is 0.888. The van der Waals surface area contributed by atoms with Crippen molar-refractivity contribution in [3.05, 3.63) is 29.8 Å². The smallest absolute Gasteiger partial charge is 0.125 e. The average Bonchev–Trinajstić information content (AvgIpc) is 2.48. The van der Waals surface area contributed by atoms with Crippen LogP contribution >= 0.6 is 0 Å². The molecule has 0 saturated carbocycles. The van der Waals surface area contributed by atoms with Gasteiger partial charge in [0.2, 0.25) is 0 Å². The zero-order valence-corrected chi connectivity index (χ0v) is 11.4. The second kappa shape index (κ2) is 7.48. The molecule has 1 heterocycles. The summed E-state index contributed by atoms with van der Waals surface area (Å²) in [5.41, 5.74) is 0.842. The van der Waals surface area contributed by atoms with Crippen molar-refractivity contribution >= 4 is 0 Å². The van der Waals surface area contributed by atoms with Crippen molar-refractivity contribution in [3.63, 3.8) is 0 Å². The maximum absolute atomic E-state index is 10.5. The number of methoxy groups -OCH3 is 1. The quantitative estimate of drug-likeness (QED) is 0.802. The summed E-state index contributed by atoms with van der Waals surface area (Å²) in [6, 6.07) is 7.64. The van der Waals surface area contributed by atoms with Crippen molar-refractivity contribution < 1.29 is 19.3 Å². The van der Waals surface area contributed by atoms with E-state index in [4.69, 9.17) is 14.2 Å². The third kappa shape index (κ3) is 3.93. The summed E-state index contributed by atoms with van der Waals surface area (Å²) in [4.78, 5) is 0. The van der Waals surface area contributed by atoms with Crippen LogP contribution in [0.25, 0.3) is 0 Å². The van der Waals surface area contributed by atoms with Crippen molar-refractivity contribution in [2.24, 2.45) is 5.92 Å². The highest BCUT2D eigenvalue weighted by Gasteiger charge is 2.25. The number of benzene rings is 1. The monoisotopic (exact) mass is 266 g/mol. The fourth-order valence-corrected chi connectivity index (χ4v) is 2.36. The minimum Gasteiger partial charge on any atom is -0.491 e. The molecule has 1 aromatic rings. The normalized spacial score (nSPS) is 21.1. The molecule has 0 aliphatic carbocycles. The molecule has 2 rings (SSSR count). The number of ether oxygens (including phenoxy) is 3. The molecule has 1 N–H and O–H groups in total. The van der Waals surface area contributed by atoms with Crippen LogP contribution in [0.15, 0.2) is 24.3 Å². The van der Waals surface area contributed by atoms with Crippen molar-refractivity contribution in [2.75, 3.05) is 33.5 Å². The molecule has 1 aliphatic heterocycles. The van der Waals surface area contributed by atoms with Crippen LogP contribution in [0.2, 0.25) is 0 Å². The lowest BCUT2D eigenvalue weighted by Gasteiger charge is -2.28. The summed E-state index contributed by atoms with van der Waals surface area (Å²) >= 11 is 0. The molecule has 0 amide bonds. The molecule has 0 aromatic heterocycles. The van der Waals surface area contributed by atoms with Gasteiger partial charge >= 0.3 is 0 Å². The topological polar surface area (TPSA) is 47.9 Å². The second-order valence-electron chi connectivity index (χ2n) is 4.80. The zero-order chi connectivity index (χ0) is 13.5. The molecule has 2 atom stereocenters. The van der Waals surface area contributed by atoms with Crippen molar-refractivity contribution in [2.45, 2.75) is 18.9 Å². The minimum absolute atomic E-state index is 0.154. The van der Waals surface area contributed by atoms with Crippen LogP contribution in [0.3, 0.4) is 0 Å². The highest BCUT2D eigenvalue weighted by molar-refractivity contribution is 5.35. The molecule has 106 valence electrons. The molecule has 1 aromatic carbocycles. The van der Waals surface area contributed by atoms with Gasteiger partial charge in [-0.25, -0.2) is 0 Å². The molecule has 1 fully saturated rings. The summed E-state index contributed by atoms with van der Waals surface area (Å²) in [5, 5.41) is 10.5. The highest BCUT2D eigenvalue weighted by Crippen LogP contribution is 2.33. The first-order chi connectivity index (χ1) is 9.33. The molecule has 4 heteroatoms. The Hall–Kier alpha value is -1.10. The maximum Gasteiger partial charge on any atom is 0.125 e. The third-order valence-electron chi connectivity index (χ3n) is 3.42. The maximum atomic E-state index is 10.5. The van der Waals surface area contributed by atoms with Gasteiger partial charge in [0.1, 0.15) is 12.4 Å². The lowest BCUT2D eigenvalue weighted by atomic mass is 9.90. The van der Waals surface area contributed by atoms with Crippen LogP contribution in [-0.2, 0) is 9.47 Å². The Morgan fingerprint density at radius 1 is 1.37 bits per heavy atom. The Balaban J connectivity index is 2.04. The van der Waals surface area contributed by atoms with Gasteiger partial charge in [-0.05, 0) is 18.9 Å². The van der Waals surface area contributed by atoms with Gasteiger partial charge in [-0.1, -0.05) is 18.2 Å².